The second-order valence-corrected chi connectivity index (χ2v) is 5.76. The van der Waals surface area contributed by atoms with Crippen LogP contribution in [0.1, 0.15) is 0 Å². The predicted octanol–water partition coefficient (Wildman–Crippen LogP) is 5.33. The van der Waals surface area contributed by atoms with Crippen molar-refractivity contribution in [3.63, 3.8) is 0 Å². The smallest absolute Gasteiger partial charge is 0.406 e. The number of hydrogen-bond donors (Lipinski definition) is 1. The quantitative estimate of drug-likeness (QED) is 0.523. The molecule has 2 aromatic carbocycles. The zero-order valence-electron chi connectivity index (χ0n) is 12.4. The monoisotopic (exact) mass is 363 g/mol. The first-order valence-electron chi connectivity index (χ1n) is 7.19. The van der Waals surface area contributed by atoms with E-state index in [2.05, 4.69) is 19.7 Å². The van der Waals surface area contributed by atoms with E-state index >= 15 is 0 Å². The van der Waals surface area contributed by atoms with Crippen molar-refractivity contribution < 1.29 is 17.9 Å². The van der Waals surface area contributed by atoms with Gasteiger partial charge in [0, 0.05) is 22.5 Å². The summed E-state index contributed by atoms with van der Waals surface area (Å²) in [6.07, 6.45) is -3.09. The van der Waals surface area contributed by atoms with Gasteiger partial charge in [0.25, 0.3) is 0 Å². The molecule has 0 saturated heterocycles. The van der Waals surface area contributed by atoms with Gasteiger partial charge in [-0.05, 0) is 30.3 Å². The van der Waals surface area contributed by atoms with E-state index in [4.69, 9.17) is 11.6 Å². The van der Waals surface area contributed by atoms with E-state index in [1.165, 1.54) is 18.2 Å². The van der Waals surface area contributed by atoms with Gasteiger partial charge in [-0.3, -0.25) is 0 Å². The van der Waals surface area contributed by atoms with Crippen molar-refractivity contribution in [1.82, 2.24) is 15.0 Å². The average Bonchev–Trinajstić information content (AvgIpc) is 2.97. The number of H-pyrrole nitrogens is 1. The summed E-state index contributed by atoms with van der Waals surface area (Å²) in [7, 11) is 0. The van der Waals surface area contributed by atoms with Crippen molar-refractivity contribution in [2.45, 2.75) is 6.36 Å². The first-order chi connectivity index (χ1) is 11.9. The molecule has 0 atom stereocenters. The van der Waals surface area contributed by atoms with Gasteiger partial charge in [0.1, 0.15) is 5.75 Å². The highest BCUT2D eigenvalue weighted by Gasteiger charge is 2.31. The molecule has 4 rings (SSSR count). The predicted molar refractivity (Wildman–Crippen MR) is 88.5 cm³/mol. The molecule has 0 aliphatic heterocycles. The van der Waals surface area contributed by atoms with Gasteiger partial charge in [0.05, 0.1) is 16.2 Å². The molecule has 4 nitrogen and oxygen atoms in total. The standard InChI is InChI=1S/C17H9ClF3N3O/c18-12-3-1-2-9-8-22-16(24-15(9)12)14-7-10-6-11(25-17(19,20)21)4-5-13(10)23-14/h1-8,23H. The molecule has 25 heavy (non-hydrogen) atoms. The minimum absolute atomic E-state index is 0.284. The maximum absolute atomic E-state index is 12.3. The number of hydrogen-bond acceptors (Lipinski definition) is 3. The van der Waals surface area contributed by atoms with Crippen LogP contribution in [0.4, 0.5) is 13.2 Å². The van der Waals surface area contributed by atoms with Gasteiger partial charge in [0.2, 0.25) is 0 Å². The van der Waals surface area contributed by atoms with Crippen LogP contribution >= 0.6 is 11.6 Å². The molecule has 8 heteroatoms. The molecule has 126 valence electrons. The third kappa shape index (κ3) is 3.10. The molecule has 0 spiro atoms. The lowest BCUT2D eigenvalue weighted by Gasteiger charge is -2.08. The Morgan fingerprint density at radius 1 is 1.04 bits per heavy atom. The number of rotatable bonds is 2. The van der Waals surface area contributed by atoms with Gasteiger partial charge >= 0.3 is 6.36 Å². The molecule has 2 aromatic heterocycles. The highest BCUT2D eigenvalue weighted by molar-refractivity contribution is 6.35. The molecule has 0 aliphatic carbocycles. The van der Waals surface area contributed by atoms with Crippen LogP contribution in [0.3, 0.4) is 0 Å². The van der Waals surface area contributed by atoms with E-state index < -0.39 is 6.36 Å². The minimum atomic E-state index is -4.73. The Morgan fingerprint density at radius 3 is 2.68 bits per heavy atom. The van der Waals surface area contributed by atoms with Crippen LogP contribution in [0.2, 0.25) is 5.02 Å². The molecular weight excluding hydrogens is 355 g/mol. The number of alkyl halides is 3. The molecule has 4 aromatic rings. The van der Waals surface area contributed by atoms with E-state index in [9.17, 15) is 13.2 Å². The number of halogens is 4. The van der Waals surface area contributed by atoms with Crippen LogP contribution in [-0.4, -0.2) is 21.3 Å². The number of fused-ring (bicyclic) bond motifs is 2. The molecule has 0 unspecified atom stereocenters. The van der Waals surface area contributed by atoms with Gasteiger partial charge in [-0.2, -0.15) is 0 Å². The van der Waals surface area contributed by atoms with Gasteiger partial charge < -0.3 is 9.72 Å². The lowest BCUT2D eigenvalue weighted by Crippen LogP contribution is -2.16. The van der Waals surface area contributed by atoms with Gasteiger partial charge in [-0.1, -0.05) is 23.7 Å². The Bertz CT molecular complexity index is 1090. The fraction of sp³-hybridized carbons (Fsp3) is 0.0588. The summed E-state index contributed by atoms with van der Waals surface area (Å²) in [6.45, 7) is 0. The van der Waals surface area contributed by atoms with Crippen LogP contribution in [0.5, 0.6) is 5.75 Å². The molecule has 0 radical (unpaired) electrons. The van der Waals surface area contributed by atoms with Crippen LogP contribution < -0.4 is 4.74 Å². The van der Waals surface area contributed by atoms with Crippen molar-refractivity contribution in [3.8, 4) is 17.3 Å². The molecule has 0 bridgehead atoms. The first-order valence-corrected chi connectivity index (χ1v) is 7.57. The second-order valence-electron chi connectivity index (χ2n) is 5.35. The van der Waals surface area contributed by atoms with E-state index in [1.807, 2.05) is 6.07 Å². The molecule has 0 amide bonds. The van der Waals surface area contributed by atoms with Crippen LogP contribution in [-0.2, 0) is 0 Å². The van der Waals surface area contributed by atoms with Crippen molar-refractivity contribution in [3.05, 3.63) is 53.7 Å². The molecule has 0 aliphatic rings. The van der Waals surface area contributed by atoms with E-state index in [-0.39, 0.29) is 5.75 Å². The topological polar surface area (TPSA) is 50.8 Å². The van der Waals surface area contributed by atoms with Crippen molar-refractivity contribution in [1.29, 1.82) is 0 Å². The lowest BCUT2D eigenvalue weighted by atomic mass is 10.2. The molecule has 1 N–H and O–H groups in total. The average molecular weight is 364 g/mol. The third-order valence-electron chi connectivity index (χ3n) is 3.63. The Kier molecular flexibility index (Phi) is 3.54. The summed E-state index contributed by atoms with van der Waals surface area (Å²) in [5.74, 6) is 0.114. The maximum atomic E-state index is 12.3. The van der Waals surface area contributed by atoms with Crippen molar-refractivity contribution >= 4 is 33.4 Å². The molecule has 0 saturated carbocycles. The number of nitrogens with zero attached hydrogens (tertiary/aromatic N) is 2. The SMILES string of the molecule is FC(F)(F)Oc1ccc2[nH]c(-c3ncc4cccc(Cl)c4n3)cc2c1. The summed E-state index contributed by atoms with van der Waals surface area (Å²) in [5.41, 5.74) is 1.82. The lowest BCUT2D eigenvalue weighted by molar-refractivity contribution is -0.274. The van der Waals surface area contributed by atoms with Crippen molar-refractivity contribution in [2.24, 2.45) is 0 Å². The Labute approximate surface area is 144 Å². The Hall–Kier alpha value is -2.80. The number of benzene rings is 2. The summed E-state index contributed by atoms with van der Waals surface area (Å²) in [6, 6.07) is 11.1. The maximum Gasteiger partial charge on any atom is 0.573 e. The molecule has 2 heterocycles. The third-order valence-corrected chi connectivity index (χ3v) is 3.93. The summed E-state index contributed by atoms with van der Waals surface area (Å²) < 4.78 is 40.9. The largest absolute Gasteiger partial charge is 0.573 e. The zero-order valence-corrected chi connectivity index (χ0v) is 13.2. The highest BCUT2D eigenvalue weighted by Crippen LogP contribution is 2.30. The number of para-hydroxylation sites is 1. The van der Waals surface area contributed by atoms with Gasteiger partial charge in [0.15, 0.2) is 5.82 Å². The fourth-order valence-electron chi connectivity index (χ4n) is 2.58. The fourth-order valence-corrected chi connectivity index (χ4v) is 2.80. The number of aromatic amines is 1. The van der Waals surface area contributed by atoms with E-state index in [0.717, 1.165) is 5.39 Å². The summed E-state index contributed by atoms with van der Waals surface area (Å²) >= 11 is 6.15. The summed E-state index contributed by atoms with van der Waals surface area (Å²) in [5, 5.41) is 1.85. The normalized spacial score (nSPS) is 12.0. The zero-order chi connectivity index (χ0) is 17.6. The van der Waals surface area contributed by atoms with Gasteiger partial charge in [-0.25, -0.2) is 9.97 Å². The van der Waals surface area contributed by atoms with Crippen LogP contribution in [0.15, 0.2) is 48.7 Å². The Morgan fingerprint density at radius 2 is 1.88 bits per heavy atom. The van der Waals surface area contributed by atoms with Gasteiger partial charge in [-0.15, -0.1) is 13.2 Å². The van der Waals surface area contributed by atoms with E-state index in [1.54, 1.807) is 24.4 Å². The second kappa shape index (κ2) is 5.63. The number of ether oxygens (including phenoxy) is 1. The van der Waals surface area contributed by atoms with Crippen LogP contribution in [0, 0.1) is 0 Å². The minimum Gasteiger partial charge on any atom is -0.406 e. The van der Waals surface area contributed by atoms with Crippen molar-refractivity contribution in [2.75, 3.05) is 0 Å². The Balaban J connectivity index is 1.78. The molecule has 0 fully saturated rings. The molecular formula is C17H9ClF3N3O. The number of aromatic nitrogens is 3. The highest BCUT2D eigenvalue weighted by atomic mass is 35.5. The summed E-state index contributed by atoms with van der Waals surface area (Å²) in [4.78, 5) is 11.8. The first kappa shape index (κ1) is 15.7. The number of nitrogens with one attached hydrogen (secondary N) is 1. The van der Waals surface area contributed by atoms with E-state index in [0.29, 0.717) is 33.0 Å². The van der Waals surface area contributed by atoms with Crippen LogP contribution in [0.25, 0.3) is 33.3 Å².